The van der Waals surface area contributed by atoms with Crippen molar-refractivity contribution in [2.24, 2.45) is 0 Å². The average molecular weight is 294 g/mol. The van der Waals surface area contributed by atoms with E-state index in [1.807, 2.05) is 0 Å². The fourth-order valence-corrected chi connectivity index (χ4v) is 3.45. The molecule has 1 rings (SSSR count). The van der Waals surface area contributed by atoms with Gasteiger partial charge in [-0.05, 0) is 19.9 Å². The number of hydrogen-bond donors (Lipinski definition) is 0. The van der Waals surface area contributed by atoms with Crippen LogP contribution in [0.15, 0.2) is 18.2 Å². The van der Waals surface area contributed by atoms with E-state index in [1.165, 1.54) is 12.1 Å². The van der Waals surface area contributed by atoms with Gasteiger partial charge in [-0.25, -0.2) is 0 Å². The van der Waals surface area contributed by atoms with Gasteiger partial charge >= 0.3 is 7.60 Å². The minimum Gasteiger partial charge on any atom is -0.305 e. The van der Waals surface area contributed by atoms with E-state index in [4.69, 9.17) is 20.6 Å². The lowest BCUT2D eigenvalue weighted by Crippen LogP contribution is -2.12. The van der Waals surface area contributed by atoms with Gasteiger partial charge < -0.3 is 9.05 Å². The van der Waals surface area contributed by atoms with Crippen molar-refractivity contribution >= 4 is 30.2 Å². The smallest absolute Gasteiger partial charge is 0.305 e. The first-order valence-corrected chi connectivity index (χ1v) is 7.20. The Bertz CT molecular complexity index is 483. The Morgan fingerprint density at radius 3 is 2.28 bits per heavy atom. The molecule has 100 valence electrons. The maximum Gasteiger partial charge on any atom is 0.362 e. The van der Waals surface area contributed by atoms with Gasteiger partial charge in [0.25, 0.3) is 5.69 Å². The van der Waals surface area contributed by atoms with Gasteiger partial charge in [0, 0.05) is 12.1 Å². The van der Waals surface area contributed by atoms with Crippen LogP contribution in [-0.2, 0) is 13.6 Å². The van der Waals surface area contributed by atoms with E-state index >= 15 is 0 Å². The van der Waals surface area contributed by atoms with E-state index in [0.717, 1.165) is 6.07 Å². The van der Waals surface area contributed by atoms with Crippen LogP contribution >= 0.6 is 19.2 Å². The summed E-state index contributed by atoms with van der Waals surface area (Å²) in [4.78, 5) is 10.00. The molecule has 1 aromatic carbocycles. The highest BCUT2D eigenvalue weighted by Crippen LogP contribution is 2.48. The molecular formula is C10H13ClNO5P. The molecule has 0 aliphatic rings. The molecule has 8 heteroatoms. The first-order chi connectivity index (χ1) is 8.44. The summed E-state index contributed by atoms with van der Waals surface area (Å²) < 4.78 is 22.7. The van der Waals surface area contributed by atoms with Gasteiger partial charge in [0.15, 0.2) is 0 Å². The zero-order valence-corrected chi connectivity index (χ0v) is 11.6. The monoisotopic (exact) mass is 293 g/mol. The maximum absolute atomic E-state index is 12.4. The number of nitro groups is 1. The molecule has 0 atom stereocenters. The Morgan fingerprint density at radius 2 is 1.89 bits per heavy atom. The summed E-state index contributed by atoms with van der Waals surface area (Å²) in [5, 5.41) is 10.7. The molecule has 0 aromatic heterocycles. The summed E-state index contributed by atoms with van der Waals surface area (Å²) in [6.45, 7) is 3.71. The summed E-state index contributed by atoms with van der Waals surface area (Å²) in [5.74, 6) is 0. The molecule has 0 amide bonds. The zero-order chi connectivity index (χ0) is 13.8. The minimum atomic E-state index is -3.51. The number of rotatable bonds is 6. The number of nitro benzene ring substituents is 1. The lowest BCUT2D eigenvalue weighted by molar-refractivity contribution is -0.384. The van der Waals surface area contributed by atoms with Crippen molar-refractivity contribution in [2.75, 3.05) is 13.2 Å². The van der Waals surface area contributed by atoms with Gasteiger partial charge in [-0.15, -0.1) is 0 Å². The van der Waals surface area contributed by atoms with E-state index in [1.54, 1.807) is 13.8 Å². The number of nitrogens with zero attached hydrogens (tertiary/aromatic N) is 1. The second-order valence-electron chi connectivity index (χ2n) is 3.23. The summed E-state index contributed by atoms with van der Waals surface area (Å²) in [7, 11) is -3.51. The highest BCUT2D eigenvalue weighted by molar-refractivity contribution is 7.62. The van der Waals surface area contributed by atoms with Crippen molar-refractivity contribution < 1.29 is 18.5 Å². The third-order valence-electron chi connectivity index (χ3n) is 2.04. The van der Waals surface area contributed by atoms with Crippen LogP contribution in [0.4, 0.5) is 5.69 Å². The lowest BCUT2D eigenvalue weighted by atomic mass is 10.3. The van der Waals surface area contributed by atoms with Gasteiger partial charge in [0.05, 0.1) is 28.5 Å². The van der Waals surface area contributed by atoms with Gasteiger partial charge in [-0.3, -0.25) is 14.7 Å². The second kappa shape index (κ2) is 6.29. The molecule has 0 bridgehead atoms. The summed E-state index contributed by atoms with van der Waals surface area (Å²) >= 11 is 5.89. The predicted octanol–water partition coefficient (Wildman–Crippen LogP) is 3.14. The fraction of sp³-hybridized carbons (Fsp3) is 0.400. The molecule has 0 unspecified atom stereocenters. The predicted molar refractivity (Wildman–Crippen MR) is 68.6 cm³/mol. The van der Waals surface area contributed by atoms with E-state index < -0.39 is 12.5 Å². The summed E-state index contributed by atoms with van der Waals surface area (Å²) in [6, 6.07) is 3.64. The van der Waals surface area contributed by atoms with E-state index in [2.05, 4.69) is 0 Å². The number of benzene rings is 1. The molecule has 1 aromatic rings. The molecule has 6 nitrogen and oxygen atoms in total. The van der Waals surface area contributed by atoms with Crippen LogP contribution in [0.25, 0.3) is 0 Å². The molecule has 0 aliphatic heterocycles. The Hall–Kier alpha value is -0.940. The van der Waals surface area contributed by atoms with Crippen LogP contribution in [0.3, 0.4) is 0 Å². The van der Waals surface area contributed by atoms with Crippen molar-refractivity contribution in [3.8, 4) is 0 Å². The molecule has 0 saturated heterocycles. The van der Waals surface area contributed by atoms with Crippen molar-refractivity contribution in [3.63, 3.8) is 0 Å². The van der Waals surface area contributed by atoms with Crippen LogP contribution in [0.5, 0.6) is 0 Å². The van der Waals surface area contributed by atoms with E-state index in [0.29, 0.717) is 0 Å². The molecule has 0 N–H and O–H groups in total. The van der Waals surface area contributed by atoms with Crippen molar-refractivity contribution in [1.29, 1.82) is 0 Å². The molecule has 0 aliphatic carbocycles. The van der Waals surface area contributed by atoms with Crippen LogP contribution in [0, 0.1) is 10.1 Å². The molecule has 0 saturated carbocycles. The van der Waals surface area contributed by atoms with Crippen LogP contribution < -0.4 is 5.30 Å². The molecular weight excluding hydrogens is 281 g/mol. The Kier molecular flexibility index (Phi) is 5.28. The normalized spacial score (nSPS) is 11.5. The molecule has 0 fully saturated rings. The lowest BCUT2D eigenvalue weighted by Gasteiger charge is -2.17. The van der Waals surface area contributed by atoms with Crippen molar-refractivity contribution in [3.05, 3.63) is 33.3 Å². The first kappa shape index (κ1) is 15.1. The highest BCUT2D eigenvalue weighted by Gasteiger charge is 2.30. The first-order valence-electron chi connectivity index (χ1n) is 5.28. The van der Waals surface area contributed by atoms with Gasteiger partial charge in [0.1, 0.15) is 0 Å². The maximum atomic E-state index is 12.4. The fourth-order valence-electron chi connectivity index (χ4n) is 1.35. The van der Waals surface area contributed by atoms with Crippen molar-refractivity contribution in [2.45, 2.75) is 13.8 Å². The number of non-ortho nitro benzene ring substituents is 1. The van der Waals surface area contributed by atoms with Crippen LogP contribution in [0.1, 0.15) is 13.8 Å². The van der Waals surface area contributed by atoms with Crippen LogP contribution in [0.2, 0.25) is 5.02 Å². The largest absolute Gasteiger partial charge is 0.362 e. The van der Waals surface area contributed by atoms with E-state index in [-0.39, 0.29) is 29.2 Å². The standard InChI is InChI=1S/C10H13ClNO5P/c1-3-16-18(15,17-4-2)10-6-5-8(12(13)14)7-9(10)11/h5-7H,3-4H2,1-2H3. The third-order valence-corrected chi connectivity index (χ3v) is 4.66. The Balaban J connectivity index is 3.22. The zero-order valence-electron chi connectivity index (χ0n) is 9.96. The Labute approximate surface area is 110 Å². The van der Waals surface area contributed by atoms with E-state index in [9.17, 15) is 14.7 Å². The van der Waals surface area contributed by atoms with Gasteiger partial charge in [-0.1, -0.05) is 11.6 Å². The molecule has 18 heavy (non-hydrogen) atoms. The third kappa shape index (κ3) is 3.29. The summed E-state index contributed by atoms with van der Waals surface area (Å²) in [6.07, 6.45) is 0. The highest BCUT2D eigenvalue weighted by atomic mass is 35.5. The van der Waals surface area contributed by atoms with Gasteiger partial charge in [-0.2, -0.15) is 0 Å². The minimum absolute atomic E-state index is 0.00515. The number of hydrogen-bond acceptors (Lipinski definition) is 5. The molecule has 0 spiro atoms. The topological polar surface area (TPSA) is 78.7 Å². The van der Waals surface area contributed by atoms with Crippen LogP contribution in [-0.4, -0.2) is 18.1 Å². The summed E-state index contributed by atoms with van der Waals surface area (Å²) in [5.41, 5.74) is -0.178. The molecule has 0 heterocycles. The second-order valence-corrected chi connectivity index (χ2v) is 5.63. The SMILES string of the molecule is CCOP(=O)(OCC)c1ccc([N+](=O)[O-])cc1Cl. The molecule has 0 radical (unpaired) electrons. The average Bonchev–Trinajstić information content (AvgIpc) is 2.29. The quantitative estimate of drug-likeness (QED) is 0.457. The van der Waals surface area contributed by atoms with Crippen molar-refractivity contribution in [1.82, 2.24) is 0 Å². The Morgan fingerprint density at radius 1 is 1.33 bits per heavy atom. The van der Waals surface area contributed by atoms with Gasteiger partial charge in [0.2, 0.25) is 0 Å². The number of halogens is 1.